The maximum absolute atomic E-state index is 11.3. The Morgan fingerprint density at radius 3 is 3.00 bits per heavy atom. The van der Waals surface area contributed by atoms with Crippen molar-refractivity contribution in [1.82, 2.24) is 4.98 Å². The van der Waals surface area contributed by atoms with Gasteiger partial charge >= 0.3 is 6.09 Å². The Labute approximate surface area is 89.7 Å². The fraction of sp³-hybridized carbons (Fsp3) is 0.455. The molecule has 82 valence electrons. The average Bonchev–Trinajstić information content (AvgIpc) is 2.27. The number of carbonyl (C=O) groups excluding carboxylic acids is 1. The molecule has 0 aromatic carbocycles. The van der Waals surface area contributed by atoms with Crippen molar-refractivity contribution < 1.29 is 9.53 Å². The SMILES string of the molecule is CCC(C)COC(=O)Nc1ccccn1. The molecule has 4 heteroatoms. The second-order valence-electron chi connectivity index (χ2n) is 3.45. The summed E-state index contributed by atoms with van der Waals surface area (Å²) in [5.41, 5.74) is 0. The number of amides is 1. The van der Waals surface area contributed by atoms with Crippen LogP contribution in [0.1, 0.15) is 20.3 Å². The first kappa shape index (κ1) is 11.5. The van der Waals surface area contributed by atoms with E-state index in [1.807, 2.05) is 6.92 Å². The Balaban J connectivity index is 2.31. The minimum Gasteiger partial charge on any atom is -0.449 e. The predicted molar refractivity (Wildman–Crippen MR) is 58.7 cm³/mol. The van der Waals surface area contributed by atoms with Crippen molar-refractivity contribution in [3.63, 3.8) is 0 Å². The minimum absolute atomic E-state index is 0.388. The molecule has 1 unspecified atom stereocenters. The highest BCUT2D eigenvalue weighted by atomic mass is 16.5. The van der Waals surface area contributed by atoms with Crippen molar-refractivity contribution in [1.29, 1.82) is 0 Å². The van der Waals surface area contributed by atoms with Gasteiger partial charge in [0.15, 0.2) is 0 Å². The zero-order valence-corrected chi connectivity index (χ0v) is 9.06. The molecule has 0 fully saturated rings. The molecular formula is C11H16N2O2. The van der Waals surface area contributed by atoms with Gasteiger partial charge in [-0.1, -0.05) is 26.3 Å². The number of ether oxygens (including phenoxy) is 1. The standard InChI is InChI=1S/C11H16N2O2/c1-3-9(2)8-15-11(14)13-10-6-4-5-7-12-10/h4-7,9H,3,8H2,1-2H3,(H,12,13,14). The number of pyridine rings is 1. The first-order valence-electron chi connectivity index (χ1n) is 5.07. The van der Waals surface area contributed by atoms with Crippen LogP contribution in [0, 0.1) is 5.92 Å². The molecule has 0 aliphatic carbocycles. The second-order valence-corrected chi connectivity index (χ2v) is 3.45. The highest BCUT2D eigenvalue weighted by molar-refractivity contribution is 5.83. The van der Waals surface area contributed by atoms with Gasteiger partial charge in [0.1, 0.15) is 5.82 Å². The third-order valence-corrected chi connectivity index (χ3v) is 2.09. The Hall–Kier alpha value is -1.58. The predicted octanol–water partition coefficient (Wildman–Crippen LogP) is 2.68. The van der Waals surface area contributed by atoms with E-state index in [0.717, 1.165) is 6.42 Å². The largest absolute Gasteiger partial charge is 0.449 e. The minimum atomic E-state index is -0.450. The van der Waals surface area contributed by atoms with Gasteiger partial charge in [-0.25, -0.2) is 9.78 Å². The van der Waals surface area contributed by atoms with Crippen LogP contribution in [0.2, 0.25) is 0 Å². The average molecular weight is 208 g/mol. The summed E-state index contributed by atoms with van der Waals surface area (Å²) >= 11 is 0. The zero-order chi connectivity index (χ0) is 11.1. The molecule has 1 amide bonds. The molecule has 1 N–H and O–H groups in total. The van der Waals surface area contributed by atoms with Crippen LogP contribution in [-0.4, -0.2) is 17.7 Å². The molecule has 0 saturated heterocycles. The van der Waals surface area contributed by atoms with Gasteiger partial charge in [-0.05, 0) is 18.1 Å². The molecule has 0 saturated carbocycles. The van der Waals surface area contributed by atoms with Crippen molar-refractivity contribution in [2.24, 2.45) is 5.92 Å². The van der Waals surface area contributed by atoms with Crippen molar-refractivity contribution in [3.05, 3.63) is 24.4 Å². The van der Waals surface area contributed by atoms with Crippen LogP contribution in [-0.2, 0) is 4.74 Å². The third kappa shape index (κ3) is 4.44. The first-order chi connectivity index (χ1) is 7.22. The molecule has 4 nitrogen and oxygen atoms in total. The summed E-state index contributed by atoms with van der Waals surface area (Å²) in [6, 6.07) is 5.30. The summed E-state index contributed by atoms with van der Waals surface area (Å²) in [7, 11) is 0. The molecule has 1 aromatic heterocycles. The third-order valence-electron chi connectivity index (χ3n) is 2.09. The van der Waals surface area contributed by atoms with Crippen LogP contribution in [0.15, 0.2) is 24.4 Å². The van der Waals surface area contributed by atoms with Crippen LogP contribution in [0.25, 0.3) is 0 Å². The van der Waals surface area contributed by atoms with E-state index in [-0.39, 0.29) is 0 Å². The lowest BCUT2D eigenvalue weighted by Gasteiger charge is -2.09. The molecule has 1 rings (SSSR count). The van der Waals surface area contributed by atoms with E-state index < -0.39 is 6.09 Å². The molecule has 15 heavy (non-hydrogen) atoms. The summed E-state index contributed by atoms with van der Waals surface area (Å²) in [6.07, 6.45) is 2.16. The summed E-state index contributed by atoms with van der Waals surface area (Å²) in [5.74, 6) is 0.895. The Kier molecular flexibility index (Phi) is 4.60. The van der Waals surface area contributed by atoms with Gasteiger partial charge in [-0.15, -0.1) is 0 Å². The monoisotopic (exact) mass is 208 g/mol. The molecule has 1 aromatic rings. The summed E-state index contributed by atoms with van der Waals surface area (Å²) in [6.45, 7) is 4.54. The van der Waals surface area contributed by atoms with E-state index in [0.29, 0.717) is 18.3 Å². The van der Waals surface area contributed by atoms with Gasteiger partial charge < -0.3 is 4.74 Å². The second kappa shape index (κ2) is 6.01. The topological polar surface area (TPSA) is 51.2 Å². The highest BCUT2D eigenvalue weighted by Crippen LogP contribution is 2.03. The first-order valence-corrected chi connectivity index (χ1v) is 5.07. The van der Waals surface area contributed by atoms with Crippen molar-refractivity contribution in [2.45, 2.75) is 20.3 Å². The van der Waals surface area contributed by atoms with Gasteiger partial charge in [-0.3, -0.25) is 5.32 Å². The Bertz CT molecular complexity index is 301. The molecular weight excluding hydrogens is 192 g/mol. The van der Waals surface area contributed by atoms with Gasteiger partial charge in [0.25, 0.3) is 0 Å². The molecule has 0 aliphatic rings. The number of anilines is 1. The maximum atomic E-state index is 11.3. The normalized spacial score (nSPS) is 11.9. The Morgan fingerprint density at radius 1 is 1.60 bits per heavy atom. The van der Waals surface area contributed by atoms with Gasteiger partial charge in [0, 0.05) is 6.20 Å². The van der Waals surface area contributed by atoms with Crippen molar-refractivity contribution in [3.8, 4) is 0 Å². The summed E-state index contributed by atoms with van der Waals surface area (Å²) in [5, 5.41) is 2.55. The summed E-state index contributed by atoms with van der Waals surface area (Å²) < 4.78 is 5.01. The molecule has 0 spiro atoms. The number of rotatable bonds is 4. The lowest BCUT2D eigenvalue weighted by atomic mass is 10.1. The van der Waals surface area contributed by atoms with Crippen LogP contribution in [0.5, 0.6) is 0 Å². The number of carbonyl (C=O) groups is 1. The number of aromatic nitrogens is 1. The Morgan fingerprint density at radius 2 is 2.40 bits per heavy atom. The molecule has 1 heterocycles. The molecule has 0 radical (unpaired) electrons. The molecule has 1 atom stereocenters. The molecule has 0 aliphatic heterocycles. The van der Waals surface area contributed by atoms with Gasteiger partial charge in [0.2, 0.25) is 0 Å². The van der Waals surface area contributed by atoms with Crippen LogP contribution in [0.4, 0.5) is 10.6 Å². The maximum Gasteiger partial charge on any atom is 0.412 e. The van der Waals surface area contributed by atoms with Crippen molar-refractivity contribution in [2.75, 3.05) is 11.9 Å². The fourth-order valence-electron chi connectivity index (χ4n) is 0.913. The lowest BCUT2D eigenvalue weighted by Crippen LogP contribution is -2.17. The highest BCUT2D eigenvalue weighted by Gasteiger charge is 2.05. The van der Waals surface area contributed by atoms with Crippen LogP contribution < -0.4 is 5.32 Å². The van der Waals surface area contributed by atoms with Crippen LogP contribution in [0.3, 0.4) is 0 Å². The zero-order valence-electron chi connectivity index (χ0n) is 9.06. The number of nitrogens with one attached hydrogen (secondary N) is 1. The van der Waals surface area contributed by atoms with Crippen LogP contribution >= 0.6 is 0 Å². The molecule has 0 bridgehead atoms. The van der Waals surface area contributed by atoms with Crippen molar-refractivity contribution >= 4 is 11.9 Å². The van der Waals surface area contributed by atoms with E-state index in [2.05, 4.69) is 17.2 Å². The number of nitrogens with zero attached hydrogens (tertiary/aromatic N) is 1. The number of hydrogen-bond acceptors (Lipinski definition) is 3. The van der Waals surface area contributed by atoms with E-state index in [4.69, 9.17) is 4.74 Å². The van der Waals surface area contributed by atoms with Gasteiger partial charge in [-0.2, -0.15) is 0 Å². The van der Waals surface area contributed by atoms with E-state index in [1.165, 1.54) is 0 Å². The lowest BCUT2D eigenvalue weighted by molar-refractivity contribution is 0.143. The van der Waals surface area contributed by atoms with Gasteiger partial charge in [0.05, 0.1) is 6.61 Å². The fourth-order valence-corrected chi connectivity index (χ4v) is 0.913. The van der Waals surface area contributed by atoms with E-state index >= 15 is 0 Å². The smallest absolute Gasteiger partial charge is 0.412 e. The quantitative estimate of drug-likeness (QED) is 0.827. The van der Waals surface area contributed by atoms with E-state index in [9.17, 15) is 4.79 Å². The van der Waals surface area contributed by atoms with E-state index in [1.54, 1.807) is 24.4 Å². The number of hydrogen-bond donors (Lipinski definition) is 1. The summed E-state index contributed by atoms with van der Waals surface area (Å²) in [4.78, 5) is 15.2.